The molecule has 4 heteroatoms. The summed E-state index contributed by atoms with van der Waals surface area (Å²) in [5.74, 6) is -0.577. The second-order valence-corrected chi connectivity index (χ2v) is 5.10. The number of ether oxygens (including phenoxy) is 1. The number of benzene rings is 1. The summed E-state index contributed by atoms with van der Waals surface area (Å²) in [6, 6.07) is 5.31. The van der Waals surface area contributed by atoms with Gasteiger partial charge in [-0.1, -0.05) is 39.3 Å². The van der Waals surface area contributed by atoms with Gasteiger partial charge in [0.05, 0.1) is 18.7 Å². The van der Waals surface area contributed by atoms with Gasteiger partial charge in [-0.15, -0.1) is 0 Å². The van der Waals surface area contributed by atoms with Crippen LogP contribution in [0.3, 0.4) is 0 Å². The number of aliphatic carboxylic acids is 1. The fourth-order valence-corrected chi connectivity index (χ4v) is 2.65. The number of hydrogen-bond acceptors (Lipinski definition) is 3. The van der Waals surface area contributed by atoms with Gasteiger partial charge in [0, 0.05) is 0 Å². The third-order valence-electron chi connectivity index (χ3n) is 3.68. The molecule has 0 radical (unpaired) electrons. The number of nitrogens with two attached hydrogens (primary N) is 1. The second kappa shape index (κ2) is 6.45. The normalized spacial score (nSPS) is 14.2. The topological polar surface area (TPSA) is 72.5 Å². The summed E-state index contributed by atoms with van der Waals surface area (Å²) in [6.45, 7) is 6.10. The van der Waals surface area contributed by atoms with Crippen molar-refractivity contribution in [1.82, 2.24) is 0 Å². The second-order valence-electron chi connectivity index (χ2n) is 5.10. The number of carboxylic acids is 1. The van der Waals surface area contributed by atoms with Crippen molar-refractivity contribution >= 4 is 11.7 Å². The van der Waals surface area contributed by atoms with Crippen LogP contribution in [0.4, 0.5) is 5.69 Å². The molecule has 4 nitrogen and oxygen atoms in total. The van der Waals surface area contributed by atoms with E-state index in [-0.39, 0.29) is 11.8 Å². The number of nitrogen functional groups attached to an aromatic ring is 1. The van der Waals surface area contributed by atoms with Gasteiger partial charge in [-0.2, -0.15) is 0 Å². The van der Waals surface area contributed by atoms with Gasteiger partial charge in [0.2, 0.25) is 0 Å². The van der Waals surface area contributed by atoms with Crippen LogP contribution in [0.15, 0.2) is 18.2 Å². The number of carbonyl (C=O) groups is 1. The van der Waals surface area contributed by atoms with Crippen LogP contribution < -0.4 is 10.5 Å². The lowest BCUT2D eigenvalue weighted by Gasteiger charge is -2.27. The molecule has 0 fully saturated rings. The van der Waals surface area contributed by atoms with Gasteiger partial charge in [0.25, 0.3) is 0 Å². The first-order chi connectivity index (χ1) is 8.93. The summed E-state index contributed by atoms with van der Waals surface area (Å²) < 4.78 is 5.17. The van der Waals surface area contributed by atoms with Crippen molar-refractivity contribution in [2.24, 2.45) is 11.8 Å². The summed E-state index contributed by atoms with van der Waals surface area (Å²) in [6.07, 6.45) is 0.797. The largest absolute Gasteiger partial charge is 0.495 e. The quantitative estimate of drug-likeness (QED) is 0.775. The van der Waals surface area contributed by atoms with Gasteiger partial charge in [0.15, 0.2) is 0 Å². The molecule has 0 aliphatic carbocycles. The molecule has 1 aromatic carbocycles. The lowest BCUT2D eigenvalue weighted by Crippen LogP contribution is -2.26. The molecule has 2 atom stereocenters. The van der Waals surface area contributed by atoms with E-state index in [1.54, 1.807) is 18.2 Å². The maximum atomic E-state index is 11.7. The molecule has 0 aliphatic rings. The van der Waals surface area contributed by atoms with Crippen LogP contribution >= 0.6 is 0 Å². The van der Waals surface area contributed by atoms with Crippen molar-refractivity contribution in [2.45, 2.75) is 33.1 Å². The Kier molecular flexibility index (Phi) is 5.21. The molecule has 0 heterocycles. The molecule has 0 aromatic heterocycles. The summed E-state index contributed by atoms with van der Waals surface area (Å²) in [5, 5.41) is 9.57. The molecule has 0 saturated carbocycles. The van der Waals surface area contributed by atoms with Gasteiger partial charge in [-0.25, -0.2) is 0 Å². The predicted molar refractivity (Wildman–Crippen MR) is 76.4 cm³/mol. The Bertz CT molecular complexity index is 443. The van der Waals surface area contributed by atoms with Gasteiger partial charge >= 0.3 is 5.97 Å². The number of methoxy groups -OCH3 is 1. The summed E-state index contributed by atoms with van der Waals surface area (Å²) >= 11 is 0. The maximum Gasteiger partial charge on any atom is 0.311 e. The Hall–Kier alpha value is -1.71. The van der Waals surface area contributed by atoms with E-state index in [0.717, 1.165) is 6.42 Å². The Morgan fingerprint density at radius 1 is 1.42 bits per heavy atom. The van der Waals surface area contributed by atoms with Crippen LogP contribution in [0.5, 0.6) is 5.75 Å². The van der Waals surface area contributed by atoms with Crippen molar-refractivity contribution in [3.8, 4) is 5.75 Å². The first-order valence-corrected chi connectivity index (χ1v) is 6.59. The molecule has 1 rings (SSSR count). The van der Waals surface area contributed by atoms with E-state index in [1.807, 2.05) is 20.8 Å². The van der Waals surface area contributed by atoms with E-state index in [4.69, 9.17) is 10.5 Å². The highest BCUT2D eigenvalue weighted by Crippen LogP contribution is 2.38. The lowest BCUT2D eigenvalue weighted by molar-refractivity contribution is -0.140. The fraction of sp³-hybridized carbons (Fsp3) is 0.533. The van der Waals surface area contributed by atoms with Crippen molar-refractivity contribution in [1.29, 1.82) is 0 Å². The van der Waals surface area contributed by atoms with Crippen LogP contribution in [-0.4, -0.2) is 18.2 Å². The average molecular weight is 265 g/mol. The van der Waals surface area contributed by atoms with Crippen LogP contribution in [0.25, 0.3) is 0 Å². The molecular formula is C15H23NO3. The van der Waals surface area contributed by atoms with Crippen molar-refractivity contribution in [3.63, 3.8) is 0 Å². The minimum Gasteiger partial charge on any atom is -0.495 e. The van der Waals surface area contributed by atoms with Crippen molar-refractivity contribution in [3.05, 3.63) is 23.8 Å². The van der Waals surface area contributed by atoms with E-state index in [2.05, 4.69) is 0 Å². The molecule has 19 heavy (non-hydrogen) atoms. The Balaban J connectivity index is 3.31. The van der Waals surface area contributed by atoms with Crippen LogP contribution in [0.1, 0.15) is 38.7 Å². The lowest BCUT2D eigenvalue weighted by atomic mass is 9.77. The Morgan fingerprint density at radius 3 is 2.47 bits per heavy atom. The summed E-state index contributed by atoms with van der Waals surface area (Å²) in [7, 11) is 1.53. The highest BCUT2D eigenvalue weighted by molar-refractivity contribution is 5.80. The minimum atomic E-state index is -0.833. The SMILES string of the molecule is CCC(C(C)C)C(C(=O)O)c1cccc(OC)c1N. The third kappa shape index (κ3) is 3.19. The molecule has 0 bridgehead atoms. The van der Waals surface area contributed by atoms with E-state index in [9.17, 15) is 9.90 Å². The minimum absolute atomic E-state index is 0.0481. The molecule has 0 aliphatic heterocycles. The van der Waals surface area contributed by atoms with Gasteiger partial charge in [-0.05, 0) is 23.5 Å². The van der Waals surface area contributed by atoms with Crippen molar-refractivity contribution < 1.29 is 14.6 Å². The Labute approximate surface area is 114 Å². The highest BCUT2D eigenvalue weighted by Gasteiger charge is 2.32. The molecule has 106 valence electrons. The third-order valence-corrected chi connectivity index (χ3v) is 3.68. The number of carboxylic acid groups (broad SMARTS) is 1. The number of anilines is 1. The van der Waals surface area contributed by atoms with Gasteiger partial charge in [0.1, 0.15) is 5.75 Å². The molecule has 0 saturated heterocycles. The number of para-hydroxylation sites is 1. The van der Waals surface area contributed by atoms with E-state index < -0.39 is 11.9 Å². The summed E-state index contributed by atoms with van der Waals surface area (Å²) in [4.78, 5) is 11.7. The summed E-state index contributed by atoms with van der Waals surface area (Å²) in [5.41, 5.74) is 7.11. The first-order valence-electron chi connectivity index (χ1n) is 6.59. The van der Waals surface area contributed by atoms with E-state index in [0.29, 0.717) is 17.0 Å². The average Bonchev–Trinajstić information content (AvgIpc) is 2.35. The maximum absolute atomic E-state index is 11.7. The molecule has 0 amide bonds. The highest BCUT2D eigenvalue weighted by atomic mass is 16.5. The standard InChI is InChI=1S/C15H23NO3/c1-5-10(9(2)3)13(15(17)18)11-7-6-8-12(19-4)14(11)16/h6-10,13H,5,16H2,1-4H3,(H,17,18). The zero-order chi connectivity index (χ0) is 14.6. The van der Waals surface area contributed by atoms with E-state index in [1.165, 1.54) is 7.11 Å². The predicted octanol–water partition coefficient (Wildman–Crippen LogP) is 3.13. The smallest absolute Gasteiger partial charge is 0.311 e. The van der Waals surface area contributed by atoms with Crippen LogP contribution in [0, 0.1) is 11.8 Å². The van der Waals surface area contributed by atoms with Crippen LogP contribution in [-0.2, 0) is 4.79 Å². The molecular weight excluding hydrogens is 242 g/mol. The van der Waals surface area contributed by atoms with Gasteiger partial charge in [-0.3, -0.25) is 4.79 Å². The molecule has 2 unspecified atom stereocenters. The number of rotatable bonds is 6. The molecule has 3 N–H and O–H groups in total. The number of hydrogen-bond donors (Lipinski definition) is 2. The zero-order valence-corrected chi connectivity index (χ0v) is 12.0. The Morgan fingerprint density at radius 2 is 2.05 bits per heavy atom. The van der Waals surface area contributed by atoms with Crippen molar-refractivity contribution in [2.75, 3.05) is 12.8 Å². The van der Waals surface area contributed by atoms with Crippen LogP contribution in [0.2, 0.25) is 0 Å². The van der Waals surface area contributed by atoms with Gasteiger partial charge < -0.3 is 15.6 Å². The fourth-order valence-electron chi connectivity index (χ4n) is 2.65. The first kappa shape index (κ1) is 15.3. The zero-order valence-electron chi connectivity index (χ0n) is 12.0. The monoisotopic (exact) mass is 265 g/mol. The van der Waals surface area contributed by atoms with E-state index >= 15 is 0 Å². The molecule has 1 aromatic rings. The molecule has 0 spiro atoms.